The van der Waals surface area contributed by atoms with E-state index in [1.54, 1.807) is 0 Å². The molecule has 0 fully saturated rings. The SMILES string of the molecule is CCOc1ccc(NCc2cc(I)c(OCc3ccc(Br)cc3)c(OCC)c2)cc1. The third-order valence-electron chi connectivity index (χ3n) is 4.33. The summed E-state index contributed by atoms with van der Waals surface area (Å²) in [6.07, 6.45) is 0. The number of hydrogen-bond donors (Lipinski definition) is 1. The van der Waals surface area contributed by atoms with Crippen LogP contribution in [0.3, 0.4) is 0 Å². The standard InChI is InChI=1S/C24H25BrINO3/c1-3-28-21-11-9-20(10-12-21)27-15-18-13-22(26)24(23(14-18)29-4-2)30-16-17-5-7-19(25)8-6-17/h5-14,27H,3-4,15-16H2,1-2H3. The van der Waals surface area contributed by atoms with E-state index in [0.29, 0.717) is 26.4 Å². The van der Waals surface area contributed by atoms with Gasteiger partial charge < -0.3 is 19.5 Å². The van der Waals surface area contributed by atoms with Crippen molar-refractivity contribution in [1.29, 1.82) is 0 Å². The highest BCUT2D eigenvalue weighted by atomic mass is 127. The van der Waals surface area contributed by atoms with Gasteiger partial charge in [0.1, 0.15) is 12.4 Å². The molecule has 0 radical (unpaired) electrons. The third-order valence-corrected chi connectivity index (χ3v) is 5.66. The number of hydrogen-bond acceptors (Lipinski definition) is 4. The first-order valence-electron chi connectivity index (χ1n) is 9.88. The molecule has 0 bridgehead atoms. The highest BCUT2D eigenvalue weighted by Gasteiger charge is 2.13. The van der Waals surface area contributed by atoms with Gasteiger partial charge in [-0.2, -0.15) is 0 Å². The van der Waals surface area contributed by atoms with Gasteiger partial charge in [0, 0.05) is 16.7 Å². The van der Waals surface area contributed by atoms with Gasteiger partial charge in [-0.1, -0.05) is 28.1 Å². The summed E-state index contributed by atoms with van der Waals surface area (Å²) < 4.78 is 19.6. The molecule has 3 aromatic carbocycles. The van der Waals surface area contributed by atoms with Crippen LogP contribution in [-0.4, -0.2) is 13.2 Å². The number of halogens is 2. The van der Waals surface area contributed by atoms with E-state index in [4.69, 9.17) is 14.2 Å². The largest absolute Gasteiger partial charge is 0.494 e. The van der Waals surface area contributed by atoms with Crippen molar-refractivity contribution in [2.45, 2.75) is 27.0 Å². The molecule has 3 aromatic rings. The van der Waals surface area contributed by atoms with Gasteiger partial charge in [0.25, 0.3) is 0 Å². The topological polar surface area (TPSA) is 39.7 Å². The summed E-state index contributed by atoms with van der Waals surface area (Å²) >= 11 is 5.77. The van der Waals surface area contributed by atoms with Gasteiger partial charge in [0.05, 0.1) is 16.8 Å². The van der Waals surface area contributed by atoms with Gasteiger partial charge >= 0.3 is 0 Å². The molecule has 3 rings (SSSR count). The van der Waals surface area contributed by atoms with E-state index in [9.17, 15) is 0 Å². The van der Waals surface area contributed by atoms with Crippen LogP contribution in [0, 0.1) is 3.57 Å². The maximum Gasteiger partial charge on any atom is 0.174 e. The predicted octanol–water partition coefficient (Wildman–Crippen LogP) is 7.04. The Morgan fingerprint density at radius 1 is 0.833 bits per heavy atom. The predicted molar refractivity (Wildman–Crippen MR) is 134 cm³/mol. The van der Waals surface area contributed by atoms with E-state index in [-0.39, 0.29) is 0 Å². The Balaban J connectivity index is 1.69. The molecule has 0 aliphatic carbocycles. The lowest BCUT2D eigenvalue weighted by Crippen LogP contribution is -2.05. The summed E-state index contributed by atoms with van der Waals surface area (Å²) in [6, 6.07) is 20.3. The fraction of sp³-hybridized carbons (Fsp3) is 0.250. The van der Waals surface area contributed by atoms with Crippen molar-refractivity contribution in [3.8, 4) is 17.2 Å². The zero-order valence-electron chi connectivity index (χ0n) is 17.1. The van der Waals surface area contributed by atoms with Crippen molar-refractivity contribution in [2.24, 2.45) is 0 Å². The van der Waals surface area contributed by atoms with Gasteiger partial charge in [-0.25, -0.2) is 0 Å². The highest BCUT2D eigenvalue weighted by molar-refractivity contribution is 14.1. The maximum atomic E-state index is 6.12. The normalized spacial score (nSPS) is 10.5. The lowest BCUT2D eigenvalue weighted by Gasteiger charge is -2.16. The minimum absolute atomic E-state index is 0.493. The van der Waals surface area contributed by atoms with E-state index in [2.05, 4.69) is 49.9 Å². The van der Waals surface area contributed by atoms with Gasteiger partial charge in [0.2, 0.25) is 0 Å². The number of anilines is 1. The molecule has 0 spiro atoms. The van der Waals surface area contributed by atoms with Crippen LogP contribution >= 0.6 is 38.5 Å². The molecule has 0 heterocycles. The average molecular weight is 582 g/mol. The molecule has 0 saturated carbocycles. The zero-order chi connectivity index (χ0) is 21.3. The molecule has 6 heteroatoms. The van der Waals surface area contributed by atoms with Crippen molar-refractivity contribution in [3.05, 3.63) is 79.8 Å². The molecule has 1 N–H and O–H groups in total. The Morgan fingerprint density at radius 2 is 1.53 bits per heavy atom. The van der Waals surface area contributed by atoms with Gasteiger partial charge in [-0.05, 0) is 96.1 Å². The zero-order valence-corrected chi connectivity index (χ0v) is 20.8. The molecule has 0 amide bonds. The van der Waals surface area contributed by atoms with Crippen LogP contribution < -0.4 is 19.5 Å². The third kappa shape index (κ3) is 6.54. The monoisotopic (exact) mass is 581 g/mol. The number of ether oxygens (including phenoxy) is 3. The van der Waals surface area contributed by atoms with Crippen LogP contribution in [0.1, 0.15) is 25.0 Å². The number of rotatable bonds is 10. The Bertz CT molecular complexity index is 946. The van der Waals surface area contributed by atoms with E-state index < -0.39 is 0 Å². The Morgan fingerprint density at radius 3 is 2.20 bits per heavy atom. The molecule has 0 atom stereocenters. The van der Waals surface area contributed by atoms with Crippen LogP contribution in [0.15, 0.2) is 65.1 Å². The lowest BCUT2D eigenvalue weighted by molar-refractivity contribution is 0.267. The molecule has 0 aromatic heterocycles. The quantitative estimate of drug-likeness (QED) is 0.261. The fourth-order valence-electron chi connectivity index (χ4n) is 2.90. The van der Waals surface area contributed by atoms with E-state index >= 15 is 0 Å². The smallest absolute Gasteiger partial charge is 0.174 e. The average Bonchev–Trinajstić information content (AvgIpc) is 2.74. The van der Waals surface area contributed by atoms with Crippen molar-refractivity contribution < 1.29 is 14.2 Å². The highest BCUT2D eigenvalue weighted by Crippen LogP contribution is 2.35. The molecule has 0 aliphatic rings. The van der Waals surface area contributed by atoms with Crippen molar-refractivity contribution in [3.63, 3.8) is 0 Å². The molecule has 0 saturated heterocycles. The van der Waals surface area contributed by atoms with Crippen LogP contribution in [0.2, 0.25) is 0 Å². The molecule has 0 unspecified atom stereocenters. The molecule has 0 aliphatic heterocycles. The first-order valence-corrected chi connectivity index (χ1v) is 11.8. The van der Waals surface area contributed by atoms with Crippen LogP contribution in [-0.2, 0) is 13.2 Å². The van der Waals surface area contributed by atoms with E-state index in [0.717, 1.165) is 42.1 Å². The first kappa shape index (κ1) is 22.7. The lowest BCUT2D eigenvalue weighted by atomic mass is 10.2. The molecular formula is C24H25BrINO3. The fourth-order valence-corrected chi connectivity index (χ4v) is 3.99. The first-order chi connectivity index (χ1) is 14.6. The van der Waals surface area contributed by atoms with Gasteiger partial charge in [-0.15, -0.1) is 0 Å². The van der Waals surface area contributed by atoms with Crippen molar-refractivity contribution in [1.82, 2.24) is 0 Å². The molecule has 30 heavy (non-hydrogen) atoms. The Labute approximate surface area is 200 Å². The summed E-state index contributed by atoms with van der Waals surface area (Å²) in [5, 5.41) is 3.45. The van der Waals surface area contributed by atoms with E-state index in [1.807, 2.05) is 68.4 Å². The van der Waals surface area contributed by atoms with Crippen LogP contribution in [0.25, 0.3) is 0 Å². The minimum atomic E-state index is 0.493. The second-order valence-corrected chi connectivity index (χ2v) is 8.64. The second-order valence-electron chi connectivity index (χ2n) is 6.56. The number of nitrogens with one attached hydrogen (secondary N) is 1. The summed E-state index contributed by atoms with van der Waals surface area (Å²) in [4.78, 5) is 0. The minimum Gasteiger partial charge on any atom is -0.494 e. The summed E-state index contributed by atoms with van der Waals surface area (Å²) in [5.41, 5.74) is 3.28. The Hall–Kier alpha value is -1.93. The molecular weight excluding hydrogens is 557 g/mol. The maximum absolute atomic E-state index is 6.12. The summed E-state index contributed by atoms with van der Waals surface area (Å²) in [7, 11) is 0. The molecule has 158 valence electrons. The van der Waals surface area contributed by atoms with Gasteiger partial charge in [0.15, 0.2) is 11.5 Å². The Kier molecular flexibility index (Phi) is 8.69. The number of benzene rings is 3. The van der Waals surface area contributed by atoms with Crippen LogP contribution in [0.4, 0.5) is 5.69 Å². The van der Waals surface area contributed by atoms with Crippen LogP contribution in [0.5, 0.6) is 17.2 Å². The van der Waals surface area contributed by atoms with Gasteiger partial charge in [-0.3, -0.25) is 0 Å². The van der Waals surface area contributed by atoms with E-state index in [1.165, 1.54) is 0 Å². The van der Waals surface area contributed by atoms with Crippen molar-refractivity contribution >= 4 is 44.2 Å². The van der Waals surface area contributed by atoms with Crippen molar-refractivity contribution in [2.75, 3.05) is 18.5 Å². The summed E-state index contributed by atoms with van der Waals surface area (Å²) in [5.74, 6) is 2.43. The second kappa shape index (κ2) is 11.5. The molecule has 4 nitrogen and oxygen atoms in total. The summed E-state index contributed by atoms with van der Waals surface area (Å²) in [6.45, 7) is 6.40.